The van der Waals surface area contributed by atoms with Crippen molar-refractivity contribution < 1.29 is 71.7 Å². The lowest BCUT2D eigenvalue weighted by Gasteiger charge is -2.22. The third-order valence-electron chi connectivity index (χ3n) is 6.57. The molecule has 0 heterocycles. The van der Waals surface area contributed by atoms with Crippen LogP contribution in [0.3, 0.4) is 0 Å². The summed E-state index contributed by atoms with van der Waals surface area (Å²) in [7, 11) is 0. The standard InChI is InChI=1S/C34H60N2O15/c1-4-42-21-23-46-27-29-50-33(40)9-13-36(14-10-34(41)51-30-28-47-24-22-43-5-2)16-19-45-26-25-44-18-15-35(11-7-31(38)48-6-3)12-8-32(39)49-20-17-37/h4-5,37H,1-2,6-30H2,3H3. The van der Waals surface area contributed by atoms with Gasteiger partial charge in [0.05, 0.1) is 104 Å². The lowest BCUT2D eigenvalue weighted by atomic mass is 10.3. The molecule has 51 heavy (non-hydrogen) atoms. The van der Waals surface area contributed by atoms with Crippen molar-refractivity contribution >= 4 is 23.9 Å². The fraction of sp³-hybridized carbons (Fsp3) is 0.765. The lowest BCUT2D eigenvalue weighted by molar-refractivity contribution is -0.147. The Morgan fingerprint density at radius 2 is 0.804 bits per heavy atom. The molecule has 0 saturated heterocycles. The molecule has 0 bridgehead atoms. The highest BCUT2D eigenvalue weighted by Crippen LogP contribution is 2.01. The van der Waals surface area contributed by atoms with Crippen molar-refractivity contribution in [1.29, 1.82) is 0 Å². The first-order chi connectivity index (χ1) is 24.9. The van der Waals surface area contributed by atoms with Gasteiger partial charge in [-0.3, -0.25) is 29.0 Å². The zero-order valence-corrected chi connectivity index (χ0v) is 30.3. The van der Waals surface area contributed by atoms with Gasteiger partial charge in [-0.25, -0.2) is 0 Å². The minimum atomic E-state index is -0.436. The Labute approximate surface area is 301 Å². The molecular formula is C34H60N2O15. The third-order valence-corrected chi connectivity index (χ3v) is 6.57. The van der Waals surface area contributed by atoms with Crippen LogP contribution in [0.15, 0.2) is 25.7 Å². The van der Waals surface area contributed by atoms with Crippen LogP contribution in [0, 0.1) is 0 Å². The second-order valence-corrected chi connectivity index (χ2v) is 10.4. The van der Waals surface area contributed by atoms with Gasteiger partial charge in [-0.15, -0.1) is 0 Å². The van der Waals surface area contributed by atoms with Gasteiger partial charge < -0.3 is 52.5 Å². The first kappa shape index (κ1) is 47.7. The fourth-order valence-corrected chi connectivity index (χ4v) is 4.00. The van der Waals surface area contributed by atoms with Gasteiger partial charge in [0.25, 0.3) is 0 Å². The summed E-state index contributed by atoms with van der Waals surface area (Å²) in [6.07, 6.45) is 3.17. The fourth-order valence-electron chi connectivity index (χ4n) is 4.00. The third kappa shape index (κ3) is 33.6. The number of aliphatic hydroxyl groups is 1. The molecule has 1 N–H and O–H groups in total. The normalized spacial score (nSPS) is 10.9. The number of ether oxygens (including phenoxy) is 10. The van der Waals surface area contributed by atoms with Gasteiger partial charge >= 0.3 is 23.9 Å². The summed E-state index contributed by atoms with van der Waals surface area (Å²) in [6.45, 7) is 14.4. The molecule has 0 fully saturated rings. The Balaban J connectivity index is 4.57. The number of aliphatic hydroxyl groups excluding tert-OH is 1. The average molecular weight is 737 g/mol. The molecular weight excluding hydrogens is 676 g/mol. The van der Waals surface area contributed by atoms with E-state index in [0.717, 1.165) is 0 Å². The maximum absolute atomic E-state index is 12.3. The Morgan fingerprint density at radius 1 is 0.471 bits per heavy atom. The molecule has 296 valence electrons. The zero-order valence-electron chi connectivity index (χ0n) is 30.3. The summed E-state index contributed by atoms with van der Waals surface area (Å²) in [6, 6.07) is 0. The molecule has 0 rings (SSSR count). The maximum Gasteiger partial charge on any atom is 0.307 e. The maximum atomic E-state index is 12.3. The van der Waals surface area contributed by atoms with Crippen molar-refractivity contribution in [2.45, 2.75) is 32.6 Å². The van der Waals surface area contributed by atoms with Crippen molar-refractivity contribution in [3.05, 3.63) is 25.7 Å². The second-order valence-electron chi connectivity index (χ2n) is 10.4. The lowest BCUT2D eigenvalue weighted by Crippen LogP contribution is -2.33. The molecule has 0 saturated carbocycles. The monoisotopic (exact) mass is 736 g/mol. The van der Waals surface area contributed by atoms with Crippen molar-refractivity contribution in [2.75, 3.05) is 138 Å². The van der Waals surface area contributed by atoms with Crippen LogP contribution in [0.4, 0.5) is 0 Å². The summed E-state index contributed by atoms with van der Waals surface area (Å²) < 4.78 is 52.3. The molecule has 0 aromatic heterocycles. The average Bonchev–Trinajstić information content (AvgIpc) is 3.12. The van der Waals surface area contributed by atoms with Gasteiger partial charge in [0.2, 0.25) is 0 Å². The van der Waals surface area contributed by atoms with E-state index in [1.807, 2.05) is 9.80 Å². The summed E-state index contributed by atoms with van der Waals surface area (Å²) in [5.41, 5.74) is 0. The summed E-state index contributed by atoms with van der Waals surface area (Å²) >= 11 is 0. The molecule has 0 spiro atoms. The van der Waals surface area contributed by atoms with Gasteiger partial charge in [0, 0.05) is 39.3 Å². The highest BCUT2D eigenvalue weighted by molar-refractivity contribution is 5.71. The summed E-state index contributed by atoms with van der Waals surface area (Å²) in [4.78, 5) is 52.0. The van der Waals surface area contributed by atoms with Crippen LogP contribution in [0.2, 0.25) is 0 Å². The predicted molar refractivity (Wildman–Crippen MR) is 184 cm³/mol. The molecule has 0 aliphatic rings. The largest absolute Gasteiger partial charge is 0.499 e. The molecule has 17 nitrogen and oxygen atoms in total. The number of hydrogen-bond donors (Lipinski definition) is 1. The van der Waals surface area contributed by atoms with Gasteiger partial charge in [0.1, 0.15) is 33.0 Å². The van der Waals surface area contributed by atoms with Crippen LogP contribution in [0.25, 0.3) is 0 Å². The summed E-state index contributed by atoms with van der Waals surface area (Å²) in [5, 5.41) is 8.82. The number of esters is 4. The van der Waals surface area contributed by atoms with E-state index in [0.29, 0.717) is 98.7 Å². The van der Waals surface area contributed by atoms with E-state index in [1.165, 1.54) is 12.5 Å². The minimum Gasteiger partial charge on any atom is -0.499 e. The SMILES string of the molecule is C=COCCOCCOC(=O)CCN(CCOCCOCCN(CCC(=O)OCC)CCC(=O)OCCO)CCC(=O)OCCOCCOC=C. The van der Waals surface area contributed by atoms with E-state index in [-0.39, 0.29) is 71.3 Å². The van der Waals surface area contributed by atoms with E-state index >= 15 is 0 Å². The first-order valence-corrected chi connectivity index (χ1v) is 17.3. The topological polar surface area (TPSA) is 187 Å². The molecule has 0 aliphatic carbocycles. The smallest absolute Gasteiger partial charge is 0.307 e. The molecule has 0 aromatic rings. The number of carbonyl (C=O) groups is 4. The number of rotatable bonds is 38. The minimum absolute atomic E-state index is 0.0603. The van der Waals surface area contributed by atoms with Gasteiger partial charge in [-0.05, 0) is 6.92 Å². The number of nitrogens with zero attached hydrogens (tertiary/aromatic N) is 2. The zero-order chi connectivity index (χ0) is 37.6. The van der Waals surface area contributed by atoms with Crippen LogP contribution in [-0.2, 0) is 66.5 Å². The van der Waals surface area contributed by atoms with E-state index in [9.17, 15) is 19.2 Å². The number of carbonyl (C=O) groups excluding carboxylic acids is 4. The number of hydrogen-bond acceptors (Lipinski definition) is 17. The molecule has 0 aromatic carbocycles. The van der Waals surface area contributed by atoms with Crippen LogP contribution in [-0.4, -0.2) is 177 Å². The van der Waals surface area contributed by atoms with Crippen LogP contribution in [0.1, 0.15) is 32.6 Å². The van der Waals surface area contributed by atoms with Crippen LogP contribution in [0.5, 0.6) is 0 Å². The van der Waals surface area contributed by atoms with Crippen molar-refractivity contribution in [3.63, 3.8) is 0 Å². The summed E-state index contributed by atoms with van der Waals surface area (Å²) in [5.74, 6) is -1.54. The van der Waals surface area contributed by atoms with E-state index in [2.05, 4.69) is 13.2 Å². The van der Waals surface area contributed by atoms with Gasteiger partial charge in [0.15, 0.2) is 0 Å². The molecule has 0 amide bonds. The van der Waals surface area contributed by atoms with Gasteiger partial charge in [-0.1, -0.05) is 13.2 Å². The van der Waals surface area contributed by atoms with E-state index < -0.39 is 17.9 Å². The van der Waals surface area contributed by atoms with Crippen molar-refractivity contribution in [1.82, 2.24) is 9.80 Å². The predicted octanol–water partition coefficient (Wildman–Crippen LogP) is 0.722. The second kappa shape index (κ2) is 36.5. The Hall–Kier alpha value is -3.32. The van der Waals surface area contributed by atoms with E-state index in [1.54, 1.807) is 6.92 Å². The molecule has 17 heteroatoms. The highest BCUT2D eigenvalue weighted by atomic mass is 16.6. The Bertz CT molecular complexity index is 871. The molecule has 0 unspecified atom stereocenters. The highest BCUT2D eigenvalue weighted by Gasteiger charge is 2.14. The molecule has 0 aliphatic heterocycles. The quantitative estimate of drug-likeness (QED) is 0.0404. The first-order valence-electron chi connectivity index (χ1n) is 17.3. The molecule has 0 radical (unpaired) electrons. The Morgan fingerprint density at radius 3 is 1.18 bits per heavy atom. The van der Waals surface area contributed by atoms with Crippen molar-refractivity contribution in [3.8, 4) is 0 Å². The Kier molecular flexibility index (Phi) is 34.1. The molecule has 0 atom stereocenters. The van der Waals surface area contributed by atoms with Crippen LogP contribution >= 0.6 is 0 Å². The van der Waals surface area contributed by atoms with E-state index in [4.69, 9.17) is 52.5 Å². The van der Waals surface area contributed by atoms with Crippen molar-refractivity contribution in [2.24, 2.45) is 0 Å². The van der Waals surface area contributed by atoms with Crippen LogP contribution < -0.4 is 0 Å². The van der Waals surface area contributed by atoms with Gasteiger partial charge in [-0.2, -0.15) is 0 Å².